The number of nitrogens with one attached hydrogen (secondary N) is 1. The molecule has 28 heavy (non-hydrogen) atoms. The molecule has 3 heterocycles. The highest BCUT2D eigenvalue weighted by Gasteiger charge is 2.33. The molecule has 2 aliphatic heterocycles. The number of hydrogen-bond donors (Lipinski definition) is 1. The van der Waals surface area contributed by atoms with Gasteiger partial charge in [0.15, 0.2) is 0 Å². The minimum Gasteiger partial charge on any atom is -0.381 e. The molecule has 1 N–H and O–H groups in total. The molecule has 1 amide bonds. The fourth-order valence-electron chi connectivity index (χ4n) is 3.97. The number of ether oxygens (including phenoxy) is 1. The van der Waals surface area contributed by atoms with E-state index in [-0.39, 0.29) is 17.8 Å². The van der Waals surface area contributed by atoms with Crippen LogP contribution in [0.2, 0.25) is 0 Å². The molecule has 0 bridgehead atoms. The van der Waals surface area contributed by atoms with Gasteiger partial charge in [-0.3, -0.25) is 9.69 Å². The molecule has 2 aliphatic rings. The molecule has 0 spiro atoms. The highest BCUT2D eigenvalue weighted by molar-refractivity contribution is 7.88. The van der Waals surface area contributed by atoms with Gasteiger partial charge in [-0.1, -0.05) is 0 Å². The van der Waals surface area contributed by atoms with E-state index < -0.39 is 10.0 Å². The van der Waals surface area contributed by atoms with Crippen LogP contribution in [0.1, 0.15) is 36.3 Å². The van der Waals surface area contributed by atoms with E-state index in [0.29, 0.717) is 45.4 Å². The highest BCUT2D eigenvalue weighted by Crippen LogP contribution is 2.24. The third-order valence-corrected chi connectivity index (χ3v) is 6.65. The Labute approximate surface area is 166 Å². The summed E-state index contributed by atoms with van der Waals surface area (Å²) in [6.07, 6.45) is 8.00. The molecule has 3 rings (SSSR count). The van der Waals surface area contributed by atoms with E-state index in [0.717, 1.165) is 25.7 Å². The predicted molar refractivity (Wildman–Crippen MR) is 104 cm³/mol. The van der Waals surface area contributed by atoms with E-state index >= 15 is 0 Å². The minimum absolute atomic E-state index is 0.149. The molecule has 0 radical (unpaired) electrons. The lowest BCUT2D eigenvalue weighted by Crippen LogP contribution is -2.55. The molecule has 1 unspecified atom stereocenters. The molecule has 1 aromatic heterocycles. The summed E-state index contributed by atoms with van der Waals surface area (Å²) in [7, 11) is -3.20. The van der Waals surface area contributed by atoms with Crippen LogP contribution in [-0.2, 0) is 14.8 Å². The average Bonchev–Trinajstić information content (AvgIpc) is 2.72. The van der Waals surface area contributed by atoms with Crippen molar-refractivity contribution in [2.45, 2.75) is 37.8 Å². The maximum Gasteiger partial charge on any atom is 0.289 e. The van der Waals surface area contributed by atoms with Gasteiger partial charge < -0.3 is 10.1 Å². The number of sulfonamides is 1. The zero-order chi connectivity index (χ0) is 20.0. The highest BCUT2D eigenvalue weighted by atomic mass is 32.2. The van der Waals surface area contributed by atoms with Gasteiger partial charge in [0, 0.05) is 63.9 Å². The SMILES string of the molecule is CS(=O)(=O)N1CCCC(N(CCNC(=O)c2ncccn2)C2CCOCC2)C1. The summed E-state index contributed by atoms with van der Waals surface area (Å²) in [5.74, 6) is -0.144. The van der Waals surface area contributed by atoms with Gasteiger partial charge in [-0.25, -0.2) is 22.7 Å². The number of carbonyl (C=O) groups is 1. The second-order valence-corrected chi connectivity index (χ2v) is 9.31. The Morgan fingerprint density at radius 3 is 2.64 bits per heavy atom. The normalized spacial score (nSPS) is 22.3. The lowest BCUT2D eigenvalue weighted by molar-refractivity contribution is 0.00672. The zero-order valence-electron chi connectivity index (χ0n) is 16.3. The first-order valence-corrected chi connectivity index (χ1v) is 11.6. The van der Waals surface area contributed by atoms with E-state index in [1.165, 1.54) is 18.6 Å². The fraction of sp³-hybridized carbons (Fsp3) is 0.722. The molecule has 9 nitrogen and oxygen atoms in total. The maximum atomic E-state index is 12.2. The lowest BCUT2D eigenvalue weighted by atomic mass is 9.99. The summed E-state index contributed by atoms with van der Waals surface area (Å²) in [4.78, 5) is 22.5. The Morgan fingerprint density at radius 1 is 1.25 bits per heavy atom. The van der Waals surface area contributed by atoms with Crippen molar-refractivity contribution in [3.05, 3.63) is 24.3 Å². The topological polar surface area (TPSA) is 105 Å². The summed E-state index contributed by atoms with van der Waals surface area (Å²) < 4.78 is 31.1. The van der Waals surface area contributed by atoms with Gasteiger partial charge >= 0.3 is 0 Å². The van der Waals surface area contributed by atoms with Gasteiger partial charge in [-0.15, -0.1) is 0 Å². The van der Waals surface area contributed by atoms with Crippen LogP contribution in [-0.4, -0.2) is 91.2 Å². The zero-order valence-corrected chi connectivity index (χ0v) is 17.1. The summed E-state index contributed by atoms with van der Waals surface area (Å²) in [5.41, 5.74) is 0. The number of aromatic nitrogens is 2. The van der Waals surface area contributed by atoms with Gasteiger partial charge in [0.25, 0.3) is 5.91 Å². The van der Waals surface area contributed by atoms with Crippen molar-refractivity contribution in [1.82, 2.24) is 24.5 Å². The van der Waals surface area contributed by atoms with Crippen LogP contribution in [0.4, 0.5) is 0 Å². The Bertz CT molecular complexity index is 740. The molecule has 1 aromatic rings. The van der Waals surface area contributed by atoms with Crippen molar-refractivity contribution in [3.63, 3.8) is 0 Å². The maximum absolute atomic E-state index is 12.2. The minimum atomic E-state index is -3.20. The van der Waals surface area contributed by atoms with Crippen LogP contribution in [0.15, 0.2) is 18.5 Å². The van der Waals surface area contributed by atoms with Gasteiger partial charge in [0.1, 0.15) is 0 Å². The van der Waals surface area contributed by atoms with Crippen LogP contribution in [0.3, 0.4) is 0 Å². The largest absolute Gasteiger partial charge is 0.381 e. The second-order valence-electron chi connectivity index (χ2n) is 7.33. The van der Waals surface area contributed by atoms with Gasteiger partial charge in [-0.2, -0.15) is 0 Å². The van der Waals surface area contributed by atoms with Crippen LogP contribution >= 0.6 is 0 Å². The third-order valence-electron chi connectivity index (χ3n) is 5.38. The molecule has 1 atom stereocenters. The van der Waals surface area contributed by atoms with E-state index in [1.54, 1.807) is 10.4 Å². The van der Waals surface area contributed by atoms with E-state index in [9.17, 15) is 13.2 Å². The number of rotatable bonds is 7. The fourth-order valence-corrected chi connectivity index (χ4v) is 4.87. The number of carbonyl (C=O) groups excluding carboxylic acids is 1. The van der Waals surface area contributed by atoms with Crippen molar-refractivity contribution in [1.29, 1.82) is 0 Å². The Morgan fingerprint density at radius 2 is 1.96 bits per heavy atom. The van der Waals surface area contributed by atoms with Crippen molar-refractivity contribution in [2.75, 3.05) is 45.6 Å². The second kappa shape index (κ2) is 9.73. The predicted octanol–water partition coefficient (Wildman–Crippen LogP) is 0.111. The summed E-state index contributed by atoms with van der Waals surface area (Å²) in [6, 6.07) is 2.15. The Hall–Kier alpha value is -1.62. The molecule has 0 aromatic carbocycles. The van der Waals surface area contributed by atoms with Crippen LogP contribution in [0.5, 0.6) is 0 Å². The molecular formula is C18H29N5O4S. The molecule has 156 valence electrons. The lowest BCUT2D eigenvalue weighted by Gasteiger charge is -2.43. The molecule has 0 aliphatic carbocycles. The number of nitrogens with zero attached hydrogens (tertiary/aromatic N) is 4. The van der Waals surface area contributed by atoms with Crippen molar-refractivity contribution in [3.8, 4) is 0 Å². The van der Waals surface area contributed by atoms with Crippen molar-refractivity contribution < 1.29 is 17.9 Å². The van der Waals surface area contributed by atoms with Crippen LogP contribution in [0.25, 0.3) is 0 Å². The molecule has 2 saturated heterocycles. The summed E-state index contributed by atoms with van der Waals surface area (Å²) >= 11 is 0. The van der Waals surface area contributed by atoms with Crippen LogP contribution < -0.4 is 5.32 Å². The average molecular weight is 412 g/mol. The number of hydrogen-bond acceptors (Lipinski definition) is 7. The Kier molecular flexibility index (Phi) is 7.33. The Balaban J connectivity index is 1.63. The van der Waals surface area contributed by atoms with Gasteiger partial charge in [0.05, 0.1) is 6.26 Å². The molecular weight excluding hydrogens is 382 g/mol. The van der Waals surface area contributed by atoms with E-state index in [1.807, 2.05) is 0 Å². The van der Waals surface area contributed by atoms with E-state index in [2.05, 4.69) is 20.2 Å². The first kappa shape index (κ1) is 21.1. The number of piperidine rings is 1. The van der Waals surface area contributed by atoms with Crippen molar-refractivity contribution in [2.24, 2.45) is 0 Å². The van der Waals surface area contributed by atoms with Gasteiger partial charge in [-0.05, 0) is 31.7 Å². The molecule has 2 fully saturated rings. The first-order chi connectivity index (χ1) is 13.4. The standard InChI is InChI=1S/C18H29N5O4S/c1-28(25,26)22-10-2-4-16(14-22)23(15-5-12-27-13-6-15)11-9-21-18(24)17-19-7-3-8-20-17/h3,7-8,15-16H,2,4-6,9-14H2,1H3,(H,21,24). The molecule has 0 saturated carbocycles. The number of amides is 1. The summed E-state index contributed by atoms with van der Waals surface area (Å²) in [6.45, 7) is 3.64. The van der Waals surface area contributed by atoms with Gasteiger partial charge in [0.2, 0.25) is 15.8 Å². The monoisotopic (exact) mass is 411 g/mol. The summed E-state index contributed by atoms with van der Waals surface area (Å²) in [5, 5.41) is 2.88. The smallest absolute Gasteiger partial charge is 0.289 e. The quantitative estimate of drug-likeness (QED) is 0.679. The van der Waals surface area contributed by atoms with Crippen molar-refractivity contribution >= 4 is 15.9 Å². The van der Waals surface area contributed by atoms with Crippen LogP contribution in [0, 0.1) is 0 Å². The van der Waals surface area contributed by atoms with E-state index in [4.69, 9.17) is 4.74 Å². The molecule has 10 heteroatoms. The third kappa shape index (κ3) is 5.69. The first-order valence-electron chi connectivity index (χ1n) is 9.79.